The van der Waals surface area contributed by atoms with E-state index in [1.54, 1.807) is 12.7 Å². The zero-order chi connectivity index (χ0) is 11.1. The summed E-state index contributed by atoms with van der Waals surface area (Å²) >= 11 is 0. The molecule has 0 saturated heterocycles. The molecule has 0 aromatic carbocycles. The van der Waals surface area contributed by atoms with Gasteiger partial charge < -0.3 is 10.6 Å². The van der Waals surface area contributed by atoms with Crippen LogP contribution in [0.3, 0.4) is 0 Å². The van der Waals surface area contributed by atoms with Crippen molar-refractivity contribution in [1.82, 2.24) is 25.4 Å². The van der Waals surface area contributed by atoms with Gasteiger partial charge >= 0.3 is 0 Å². The van der Waals surface area contributed by atoms with Crippen LogP contribution in [-0.2, 0) is 6.54 Å². The van der Waals surface area contributed by atoms with E-state index in [0.717, 1.165) is 19.6 Å². The van der Waals surface area contributed by atoms with Crippen LogP contribution in [0.1, 0.15) is 20.8 Å². The highest BCUT2D eigenvalue weighted by Crippen LogP contribution is 1.84. The number of nitrogens with one attached hydrogen (secondary N) is 2. The largest absolute Gasteiger partial charge is 0.313 e. The third kappa shape index (κ3) is 5.49. The van der Waals surface area contributed by atoms with Crippen molar-refractivity contribution in [2.45, 2.75) is 39.4 Å². The summed E-state index contributed by atoms with van der Waals surface area (Å²) in [5.74, 6) is 0. The van der Waals surface area contributed by atoms with E-state index in [0.29, 0.717) is 12.1 Å². The van der Waals surface area contributed by atoms with Crippen LogP contribution >= 0.6 is 0 Å². The van der Waals surface area contributed by atoms with Crippen molar-refractivity contribution < 1.29 is 0 Å². The number of nitrogens with zero attached hydrogens (tertiary/aromatic N) is 3. The molecule has 5 heteroatoms. The van der Waals surface area contributed by atoms with Crippen LogP contribution in [0.2, 0.25) is 0 Å². The van der Waals surface area contributed by atoms with Crippen LogP contribution in [0.5, 0.6) is 0 Å². The highest BCUT2D eigenvalue weighted by Gasteiger charge is 2.01. The van der Waals surface area contributed by atoms with Crippen LogP contribution < -0.4 is 10.6 Å². The second-order valence-electron chi connectivity index (χ2n) is 4.08. The van der Waals surface area contributed by atoms with Crippen LogP contribution in [0.25, 0.3) is 0 Å². The average molecular weight is 211 g/mol. The van der Waals surface area contributed by atoms with Crippen molar-refractivity contribution in [2.75, 3.05) is 13.1 Å². The van der Waals surface area contributed by atoms with Crippen molar-refractivity contribution in [2.24, 2.45) is 0 Å². The average Bonchev–Trinajstić information content (AvgIpc) is 2.67. The number of hydrogen-bond donors (Lipinski definition) is 2. The minimum Gasteiger partial charge on any atom is -0.313 e. The van der Waals surface area contributed by atoms with E-state index < -0.39 is 0 Å². The van der Waals surface area contributed by atoms with Gasteiger partial charge in [-0.25, -0.2) is 4.98 Å². The van der Waals surface area contributed by atoms with Gasteiger partial charge in [-0.3, -0.25) is 4.68 Å². The third-order valence-corrected chi connectivity index (χ3v) is 2.13. The summed E-state index contributed by atoms with van der Waals surface area (Å²) in [6.07, 6.45) is 3.29. The maximum atomic E-state index is 4.04. The molecular weight excluding hydrogens is 190 g/mol. The van der Waals surface area contributed by atoms with Gasteiger partial charge in [0.05, 0.1) is 6.54 Å². The molecule has 0 radical (unpaired) electrons. The Balaban J connectivity index is 2.04. The number of hydrogen-bond acceptors (Lipinski definition) is 4. The van der Waals surface area contributed by atoms with Crippen LogP contribution in [0.15, 0.2) is 12.7 Å². The monoisotopic (exact) mass is 211 g/mol. The van der Waals surface area contributed by atoms with E-state index in [2.05, 4.69) is 41.5 Å². The predicted octanol–water partition coefficient (Wildman–Crippen LogP) is 0.254. The first-order chi connectivity index (χ1) is 7.18. The van der Waals surface area contributed by atoms with Gasteiger partial charge in [-0.1, -0.05) is 13.8 Å². The SMILES string of the molecule is CC(C)NCC(C)NCCn1cncn1. The quantitative estimate of drug-likeness (QED) is 0.679. The first kappa shape index (κ1) is 12.1. The fourth-order valence-corrected chi connectivity index (χ4v) is 1.26. The Morgan fingerprint density at radius 1 is 1.27 bits per heavy atom. The first-order valence-corrected chi connectivity index (χ1v) is 5.47. The lowest BCUT2D eigenvalue weighted by molar-refractivity contribution is 0.453. The lowest BCUT2D eigenvalue weighted by Gasteiger charge is -2.16. The summed E-state index contributed by atoms with van der Waals surface area (Å²) in [7, 11) is 0. The molecule has 0 saturated carbocycles. The molecule has 0 fully saturated rings. The molecule has 1 rings (SSSR count). The first-order valence-electron chi connectivity index (χ1n) is 5.47. The predicted molar refractivity (Wildman–Crippen MR) is 60.6 cm³/mol. The summed E-state index contributed by atoms with van der Waals surface area (Å²) in [6.45, 7) is 9.27. The summed E-state index contributed by atoms with van der Waals surface area (Å²) in [6, 6.07) is 1.03. The fourth-order valence-electron chi connectivity index (χ4n) is 1.26. The maximum Gasteiger partial charge on any atom is 0.137 e. The molecule has 0 aliphatic heterocycles. The second kappa shape index (κ2) is 6.53. The van der Waals surface area contributed by atoms with Crippen LogP contribution in [-0.4, -0.2) is 39.9 Å². The molecule has 1 unspecified atom stereocenters. The van der Waals surface area contributed by atoms with E-state index in [4.69, 9.17) is 0 Å². The zero-order valence-electron chi connectivity index (χ0n) is 9.77. The Labute approximate surface area is 91.3 Å². The summed E-state index contributed by atoms with van der Waals surface area (Å²) in [5, 5.41) is 10.9. The molecule has 5 nitrogen and oxygen atoms in total. The Morgan fingerprint density at radius 3 is 2.67 bits per heavy atom. The smallest absolute Gasteiger partial charge is 0.137 e. The van der Waals surface area contributed by atoms with Crippen molar-refractivity contribution in [3.63, 3.8) is 0 Å². The van der Waals surface area contributed by atoms with Gasteiger partial charge in [-0.15, -0.1) is 0 Å². The topological polar surface area (TPSA) is 54.8 Å². The minimum absolute atomic E-state index is 0.482. The van der Waals surface area contributed by atoms with Crippen LogP contribution in [0.4, 0.5) is 0 Å². The van der Waals surface area contributed by atoms with Gasteiger partial charge in [0.2, 0.25) is 0 Å². The van der Waals surface area contributed by atoms with E-state index in [1.807, 2.05) is 4.68 Å². The molecule has 86 valence electrons. The van der Waals surface area contributed by atoms with Gasteiger partial charge in [0.25, 0.3) is 0 Å². The third-order valence-electron chi connectivity index (χ3n) is 2.13. The van der Waals surface area contributed by atoms with Crippen molar-refractivity contribution in [1.29, 1.82) is 0 Å². The molecule has 0 spiro atoms. The van der Waals surface area contributed by atoms with Crippen molar-refractivity contribution >= 4 is 0 Å². The van der Waals surface area contributed by atoms with E-state index in [1.165, 1.54) is 0 Å². The summed E-state index contributed by atoms with van der Waals surface area (Å²) in [4.78, 5) is 3.89. The van der Waals surface area contributed by atoms with Crippen LogP contribution in [0, 0.1) is 0 Å². The molecule has 1 heterocycles. The van der Waals surface area contributed by atoms with E-state index >= 15 is 0 Å². The summed E-state index contributed by atoms with van der Waals surface area (Å²) in [5.41, 5.74) is 0. The standard InChI is InChI=1S/C10H21N5/c1-9(2)13-6-10(3)12-4-5-15-8-11-7-14-15/h7-10,12-13H,4-6H2,1-3H3. The van der Waals surface area contributed by atoms with Gasteiger partial charge in [-0.05, 0) is 6.92 Å². The molecule has 1 aromatic rings. The second-order valence-corrected chi connectivity index (χ2v) is 4.08. The van der Waals surface area contributed by atoms with Gasteiger partial charge in [0, 0.05) is 25.2 Å². The lowest BCUT2D eigenvalue weighted by atomic mass is 10.3. The van der Waals surface area contributed by atoms with Crippen molar-refractivity contribution in [3.05, 3.63) is 12.7 Å². The Bertz CT molecular complexity index is 244. The molecule has 2 N–H and O–H groups in total. The molecule has 0 aliphatic carbocycles. The Hall–Kier alpha value is -0.940. The van der Waals surface area contributed by atoms with E-state index in [9.17, 15) is 0 Å². The van der Waals surface area contributed by atoms with Gasteiger partial charge in [-0.2, -0.15) is 5.10 Å². The maximum absolute atomic E-state index is 4.04. The lowest BCUT2D eigenvalue weighted by Crippen LogP contribution is -2.40. The molecule has 1 aromatic heterocycles. The minimum atomic E-state index is 0.482. The highest BCUT2D eigenvalue weighted by atomic mass is 15.3. The molecule has 15 heavy (non-hydrogen) atoms. The van der Waals surface area contributed by atoms with Gasteiger partial charge in [0.1, 0.15) is 12.7 Å². The Morgan fingerprint density at radius 2 is 2.07 bits per heavy atom. The number of aromatic nitrogens is 3. The molecular formula is C10H21N5. The summed E-state index contributed by atoms with van der Waals surface area (Å²) < 4.78 is 1.83. The number of rotatable bonds is 7. The van der Waals surface area contributed by atoms with Gasteiger partial charge in [0.15, 0.2) is 0 Å². The molecule has 0 amide bonds. The Kier molecular flexibility index (Phi) is 5.28. The van der Waals surface area contributed by atoms with E-state index in [-0.39, 0.29) is 0 Å². The fraction of sp³-hybridized carbons (Fsp3) is 0.800. The van der Waals surface area contributed by atoms with Crippen molar-refractivity contribution in [3.8, 4) is 0 Å². The highest BCUT2D eigenvalue weighted by molar-refractivity contribution is 4.66. The molecule has 1 atom stereocenters. The normalized spacial score (nSPS) is 13.3. The molecule has 0 bridgehead atoms. The zero-order valence-corrected chi connectivity index (χ0v) is 9.77. The molecule has 0 aliphatic rings.